The van der Waals surface area contributed by atoms with Crippen LogP contribution in [-0.4, -0.2) is 11.8 Å². The van der Waals surface area contributed by atoms with E-state index in [-0.39, 0.29) is 5.91 Å². The summed E-state index contributed by atoms with van der Waals surface area (Å²) in [5.74, 6) is 0.465. The third-order valence-corrected chi connectivity index (χ3v) is 4.14. The first-order valence-electron chi connectivity index (χ1n) is 7.55. The van der Waals surface area contributed by atoms with Gasteiger partial charge in [0.05, 0.1) is 5.54 Å². The summed E-state index contributed by atoms with van der Waals surface area (Å²) in [7, 11) is 0. The number of carbonyl (C=O) groups is 1. The maximum absolute atomic E-state index is 12.1. The van der Waals surface area contributed by atoms with Crippen LogP contribution in [0.5, 0.6) is 0 Å². The van der Waals surface area contributed by atoms with Crippen LogP contribution in [0.3, 0.4) is 0 Å². The summed E-state index contributed by atoms with van der Waals surface area (Å²) in [5, 5.41) is 3.08. The molecule has 0 radical (unpaired) electrons. The van der Waals surface area contributed by atoms with Crippen molar-refractivity contribution in [3.63, 3.8) is 0 Å². The zero-order valence-electron chi connectivity index (χ0n) is 12.6. The van der Waals surface area contributed by atoms with Gasteiger partial charge in [0.25, 0.3) is 0 Å². The van der Waals surface area contributed by atoms with Crippen molar-refractivity contribution in [2.24, 2.45) is 0 Å². The van der Waals surface area contributed by atoms with Gasteiger partial charge in [-0.05, 0) is 18.9 Å². The molecule has 0 fully saturated rings. The smallest absolute Gasteiger partial charge is 0.220 e. The average Bonchev–Trinajstić information content (AvgIpc) is 2.48. The number of unbranched alkanes of at least 4 members (excludes halogenated alkanes) is 4. The van der Waals surface area contributed by atoms with Crippen LogP contribution in [0.1, 0.15) is 57.9 Å². The molecule has 0 saturated carbocycles. The zero-order chi connectivity index (χ0) is 14.8. The second kappa shape index (κ2) is 9.02. The SMILES string of the molecule is CCCCCCCC(=O)NC(C)(CCl)c1ccccc1. The van der Waals surface area contributed by atoms with E-state index in [4.69, 9.17) is 11.6 Å². The number of alkyl halides is 1. The minimum absolute atomic E-state index is 0.0912. The van der Waals surface area contributed by atoms with E-state index in [9.17, 15) is 4.79 Å². The van der Waals surface area contributed by atoms with Crippen molar-refractivity contribution in [2.45, 2.75) is 57.9 Å². The monoisotopic (exact) mass is 295 g/mol. The van der Waals surface area contributed by atoms with Gasteiger partial charge in [-0.15, -0.1) is 11.6 Å². The van der Waals surface area contributed by atoms with E-state index in [1.807, 2.05) is 37.3 Å². The number of hydrogen-bond donors (Lipinski definition) is 1. The maximum Gasteiger partial charge on any atom is 0.220 e. The molecule has 1 aromatic rings. The minimum Gasteiger partial charge on any atom is -0.346 e. The Kier molecular flexibility index (Phi) is 7.68. The largest absolute Gasteiger partial charge is 0.346 e. The van der Waals surface area contributed by atoms with Crippen LogP contribution in [0, 0.1) is 0 Å². The molecular formula is C17H26ClNO. The molecule has 0 saturated heterocycles. The highest BCUT2D eigenvalue weighted by atomic mass is 35.5. The van der Waals surface area contributed by atoms with Crippen LogP contribution in [0.25, 0.3) is 0 Å². The molecule has 112 valence electrons. The third kappa shape index (κ3) is 5.54. The summed E-state index contributed by atoms with van der Waals surface area (Å²) < 4.78 is 0. The molecular weight excluding hydrogens is 270 g/mol. The van der Waals surface area contributed by atoms with Crippen molar-refractivity contribution in [3.05, 3.63) is 35.9 Å². The molecule has 0 aliphatic heterocycles. The van der Waals surface area contributed by atoms with Gasteiger partial charge < -0.3 is 5.32 Å². The molecule has 0 heterocycles. The Morgan fingerprint density at radius 3 is 2.40 bits per heavy atom. The molecule has 1 rings (SSSR count). The fraction of sp³-hybridized carbons (Fsp3) is 0.588. The van der Waals surface area contributed by atoms with Gasteiger partial charge in [-0.3, -0.25) is 4.79 Å². The number of amides is 1. The Morgan fingerprint density at radius 2 is 1.80 bits per heavy atom. The summed E-state index contributed by atoms with van der Waals surface area (Å²) in [4.78, 5) is 12.1. The standard InChI is InChI=1S/C17H26ClNO/c1-3-4-5-6-10-13-16(20)19-17(2,14-18)15-11-8-7-9-12-15/h7-9,11-12H,3-6,10,13-14H2,1-2H3,(H,19,20). The van der Waals surface area contributed by atoms with E-state index < -0.39 is 5.54 Å². The lowest BCUT2D eigenvalue weighted by Gasteiger charge is -2.29. The lowest BCUT2D eigenvalue weighted by atomic mass is 9.93. The van der Waals surface area contributed by atoms with Gasteiger partial charge in [0.2, 0.25) is 5.91 Å². The molecule has 2 nitrogen and oxygen atoms in total. The van der Waals surface area contributed by atoms with Crippen molar-refractivity contribution in [2.75, 3.05) is 5.88 Å². The van der Waals surface area contributed by atoms with Crippen LogP contribution in [0.4, 0.5) is 0 Å². The first-order chi connectivity index (χ1) is 9.62. The number of carbonyl (C=O) groups excluding carboxylic acids is 1. The van der Waals surface area contributed by atoms with Gasteiger partial charge >= 0.3 is 0 Å². The highest BCUT2D eigenvalue weighted by molar-refractivity contribution is 6.18. The van der Waals surface area contributed by atoms with Gasteiger partial charge in [-0.25, -0.2) is 0 Å². The van der Waals surface area contributed by atoms with Crippen molar-refractivity contribution < 1.29 is 4.79 Å². The van der Waals surface area contributed by atoms with Gasteiger partial charge in [0.15, 0.2) is 0 Å². The average molecular weight is 296 g/mol. The Morgan fingerprint density at radius 1 is 1.15 bits per heavy atom. The predicted octanol–water partition coefficient (Wildman–Crippen LogP) is 4.62. The molecule has 3 heteroatoms. The topological polar surface area (TPSA) is 29.1 Å². The quantitative estimate of drug-likeness (QED) is 0.523. The molecule has 1 atom stereocenters. The van der Waals surface area contributed by atoms with Crippen molar-refractivity contribution in [3.8, 4) is 0 Å². The zero-order valence-corrected chi connectivity index (χ0v) is 13.4. The lowest BCUT2D eigenvalue weighted by molar-refractivity contribution is -0.122. The van der Waals surface area contributed by atoms with E-state index in [1.165, 1.54) is 19.3 Å². The van der Waals surface area contributed by atoms with E-state index >= 15 is 0 Å². The molecule has 0 aromatic heterocycles. The van der Waals surface area contributed by atoms with Gasteiger partial charge in [-0.1, -0.05) is 62.9 Å². The van der Waals surface area contributed by atoms with Gasteiger partial charge in [0, 0.05) is 12.3 Å². The van der Waals surface area contributed by atoms with Crippen molar-refractivity contribution >= 4 is 17.5 Å². The first kappa shape index (κ1) is 17.0. The Balaban J connectivity index is 2.45. The van der Waals surface area contributed by atoms with Crippen LogP contribution in [0.15, 0.2) is 30.3 Å². The number of rotatable bonds is 9. The van der Waals surface area contributed by atoms with E-state index in [2.05, 4.69) is 12.2 Å². The molecule has 1 N–H and O–H groups in total. The summed E-state index contributed by atoms with van der Waals surface area (Å²) in [6, 6.07) is 9.91. The summed E-state index contributed by atoms with van der Waals surface area (Å²) in [6.45, 7) is 4.17. The molecule has 0 bridgehead atoms. The highest BCUT2D eigenvalue weighted by Crippen LogP contribution is 2.22. The molecule has 0 aliphatic rings. The van der Waals surface area contributed by atoms with Crippen LogP contribution >= 0.6 is 11.6 Å². The van der Waals surface area contributed by atoms with E-state index in [1.54, 1.807) is 0 Å². The summed E-state index contributed by atoms with van der Waals surface area (Å²) in [5.41, 5.74) is 0.567. The molecule has 20 heavy (non-hydrogen) atoms. The van der Waals surface area contributed by atoms with E-state index in [0.717, 1.165) is 18.4 Å². The number of nitrogens with one attached hydrogen (secondary N) is 1. The van der Waals surface area contributed by atoms with Gasteiger partial charge in [0.1, 0.15) is 0 Å². The fourth-order valence-corrected chi connectivity index (χ4v) is 2.47. The molecule has 1 amide bonds. The summed E-state index contributed by atoms with van der Waals surface area (Å²) in [6.07, 6.45) is 6.37. The fourth-order valence-electron chi connectivity index (χ4n) is 2.25. The third-order valence-electron chi connectivity index (χ3n) is 3.60. The molecule has 0 aliphatic carbocycles. The number of benzene rings is 1. The molecule has 1 aromatic carbocycles. The number of hydrogen-bond acceptors (Lipinski definition) is 1. The lowest BCUT2D eigenvalue weighted by Crippen LogP contribution is -2.44. The Bertz CT molecular complexity index is 393. The number of halogens is 1. The minimum atomic E-state index is -0.483. The Labute approximate surface area is 127 Å². The molecule has 0 spiro atoms. The van der Waals surface area contributed by atoms with Gasteiger partial charge in [-0.2, -0.15) is 0 Å². The Hall–Kier alpha value is -1.02. The second-order valence-electron chi connectivity index (χ2n) is 5.54. The van der Waals surface area contributed by atoms with E-state index in [0.29, 0.717) is 12.3 Å². The molecule has 1 unspecified atom stereocenters. The maximum atomic E-state index is 12.1. The van der Waals surface area contributed by atoms with Crippen molar-refractivity contribution in [1.29, 1.82) is 0 Å². The second-order valence-corrected chi connectivity index (χ2v) is 5.81. The summed E-state index contributed by atoms with van der Waals surface area (Å²) >= 11 is 6.08. The normalized spacial score (nSPS) is 13.8. The first-order valence-corrected chi connectivity index (χ1v) is 8.08. The van der Waals surface area contributed by atoms with Crippen LogP contribution in [-0.2, 0) is 10.3 Å². The highest BCUT2D eigenvalue weighted by Gasteiger charge is 2.27. The van der Waals surface area contributed by atoms with Crippen LogP contribution < -0.4 is 5.32 Å². The van der Waals surface area contributed by atoms with Crippen LogP contribution in [0.2, 0.25) is 0 Å². The predicted molar refractivity (Wildman–Crippen MR) is 86.0 cm³/mol. The van der Waals surface area contributed by atoms with Crippen molar-refractivity contribution in [1.82, 2.24) is 5.32 Å².